The number of sulfone groups is 2. The van der Waals surface area contributed by atoms with Crippen molar-refractivity contribution < 1.29 is 26.4 Å². The van der Waals surface area contributed by atoms with Gasteiger partial charge in [-0.3, -0.25) is 14.7 Å². The van der Waals surface area contributed by atoms with Crippen LogP contribution >= 0.6 is 15.9 Å². The summed E-state index contributed by atoms with van der Waals surface area (Å²) in [6, 6.07) is 24.6. The number of halogens is 1. The molecule has 0 unspecified atom stereocenters. The van der Waals surface area contributed by atoms with E-state index in [0.29, 0.717) is 76.3 Å². The van der Waals surface area contributed by atoms with Crippen LogP contribution in [0, 0.1) is 0 Å². The molecule has 0 bridgehead atoms. The number of carbonyl (C=O) groups is 2. The number of benzene rings is 2. The summed E-state index contributed by atoms with van der Waals surface area (Å²) in [6.07, 6.45) is 6.45. The van der Waals surface area contributed by atoms with E-state index in [9.17, 15) is 26.4 Å². The Balaban J connectivity index is 0.000000148. The van der Waals surface area contributed by atoms with E-state index >= 15 is 0 Å². The van der Waals surface area contributed by atoms with Crippen LogP contribution in [0.25, 0.3) is 23.0 Å². The first kappa shape index (κ1) is 45.5. The summed E-state index contributed by atoms with van der Waals surface area (Å²) in [5.41, 5.74) is 2.03. The molecule has 4 amide bonds. The lowest BCUT2D eigenvalue weighted by molar-refractivity contribution is 0.252. The molecule has 340 valence electrons. The zero-order valence-corrected chi connectivity index (χ0v) is 39.5. The minimum atomic E-state index is -3.25. The third-order valence-corrected chi connectivity index (χ3v) is 16.2. The summed E-state index contributed by atoms with van der Waals surface area (Å²) < 4.78 is 53.0. The molecular formula is C44H49BrN12O6S2. The first-order valence-electron chi connectivity index (χ1n) is 21.3. The van der Waals surface area contributed by atoms with Gasteiger partial charge in [-0.05, 0) is 126 Å². The summed E-state index contributed by atoms with van der Waals surface area (Å²) in [5.74, 6) is 2.54. The molecule has 4 fully saturated rings. The number of pyridine rings is 2. The van der Waals surface area contributed by atoms with Crippen LogP contribution in [0.15, 0.2) is 112 Å². The van der Waals surface area contributed by atoms with Gasteiger partial charge in [0.1, 0.15) is 35.7 Å². The summed E-state index contributed by atoms with van der Waals surface area (Å²) in [4.78, 5) is 39.7. The monoisotopic (exact) mass is 984 g/mol. The molecule has 4 aliphatic rings. The molecule has 0 atom stereocenters. The number of nitrogens with zero attached hydrogens (tertiary/aromatic N) is 11. The zero-order chi connectivity index (χ0) is 46.0. The average Bonchev–Trinajstić information content (AvgIpc) is 4.14. The van der Waals surface area contributed by atoms with Crippen molar-refractivity contribution in [3.8, 4) is 23.0 Å². The minimum Gasteiger partial charge on any atom is -0.336 e. The molecule has 0 spiro atoms. The number of rotatable bonds is 11. The molecule has 2 aliphatic carbocycles. The van der Waals surface area contributed by atoms with Crippen molar-refractivity contribution in [2.45, 2.75) is 85.8 Å². The molecular weight excluding hydrogens is 937 g/mol. The maximum absolute atomic E-state index is 13.1. The summed E-state index contributed by atoms with van der Waals surface area (Å²) in [5, 5.41) is 18.6. The van der Waals surface area contributed by atoms with Crippen LogP contribution in [0.1, 0.15) is 65.5 Å². The third kappa shape index (κ3) is 9.96. The van der Waals surface area contributed by atoms with Crippen molar-refractivity contribution in [2.75, 3.05) is 40.9 Å². The highest BCUT2D eigenvalue weighted by molar-refractivity contribution is 9.10. The number of amides is 4. The Morgan fingerprint density at radius 1 is 0.600 bits per heavy atom. The predicted molar refractivity (Wildman–Crippen MR) is 249 cm³/mol. The fraction of sp³-hybridized carbons (Fsp3) is 0.364. The molecule has 2 saturated carbocycles. The molecule has 1 N–H and O–H groups in total. The average molecular weight is 986 g/mol. The van der Waals surface area contributed by atoms with Gasteiger partial charge in [0.2, 0.25) is 0 Å². The lowest BCUT2D eigenvalue weighted by atomic mass is 10.3. The van der Waals surface area contributed by atoms with Gasteiger partial charge in [0.05, 0.1) is 20.3 Å². The predicted octanol–water partition coefficient (Wildman–Crippen LogP) is 7.14. The maximum atomic E-state index is 13.1. The maximum Gasteiger partial charge on any atom is 0.330 e. The van der Waals surface area contributed by atoms with Gasteiger partial charge in [0.25, 0.3) is 0 Å². The van der Waals surface area contributed by atoms with Crippen molar-refractivity contribution in [1.29, 1.82) is 0 Å². The van der Waals surface area contributed by atoms with Crippen LogP contribution in [-0.2, 0) is 19.7 Å². The van der Waals surface area contributed by atoms with Crippen LogP contribution in [0.4, 0.5) is 26.9 Å². The summed E-state index contributed by atoms with van der Waals surface area (Å²) in [7, 11) is -6.25. The summed E-state index contributed by atoms with van der Waals surface area (Å²) >= 11 is 3.27. The van der Waals surface area contributed by atoms with Gasteiger partial charge in [-0.15, -0.1) is 20.4 Å². The molecule has 0 radical (unpaired) electrons. The SMILES string of the molecule is CC(C)n1cnnc1-c1cccc(N2CCN(c3ccc(S(=O)(=O)C4CC4)cc3)C2=O)n1.CC(C)n1cnnc1-c1cccc(N2CCNC2=O)n1.O=S(=O)(c1ccc(Br)cc1)C1CC1. The van der Waals surface area contributed by atoms with Crippen LogP contribution < -0.4 is 20.0 Å². The van der Waals surface area contributed by atoms with E-state index in [4.69, 9.17) is 0 Å². The second-order valence-corrected chi connectivity index (χ2v) is 21.9. The van der Waals surface area contributed by atoms with Gasteiger partial charge >= 0.3 is 12.1 Å². The van der Waals surface area contributed by atoms with Gasteiger partial charge in [-0.1, -0.05) is 28.1 Å². The number of hydrogen-bond acceptors (Lipinski definition) is 12. The van der Waals surface area contributed by atoms with Crippen LogP contribution in [0.3, 0.4) is 0 Å². The van der Waals surface area contributed by atoms with Crippen LogP contribution in [-0.4, -0.2) is 105 Å². The first-order valence-corrected chi connectivity index (χ1v) is 25.2. The molecule has 4 aromatic heterocycles. The Morgan fingerprint density at radius 2 is 1.06 bits per heavy atom. The largest absolute Gasteiger partial charge is 0.336 e. The van der Waals surface area contributed by atoms with E-state index in [1.54, 1.807) is 82.0 Å². The molecule has 2 aromatic carbocycles. The molecule has 21 heteroatoms. The van der Waals surface area contributed by atoms with Crippen LogP contribution in [0.5, 0.6) is 0 Å². The minimum absolute atomic E-state index is 0.111. The standard InChI is InChI=1S/C22H24N6O3S.C13H16N6O.C9H9BrO2S/c1-15(2)28-14-23-25-21(28)19-4-3-5-20(24-19)27-13-12-26(22(27)29)16-6-8-17(9-7-16)32(30,31)18-10-11-18;1-9(2)19-8-15-17-12(19)10-4-3-5-11(16-10)18-7-6-14-13(18)20;10-7-1-3-8(4-2-7)13(11,12)9-5-6-9/h3-9,14-15,18H,10-13H2,1-2H3;3-5,8-9H,6-7H2,1-2H3,(H,14,20);1-4,9H,5-6H2. The van der Waals surface area contributed by atoms with Gasteiger partial charge in [-0.2, -0.15) is 0 Å². The number of nitrogens with one attached hydrogen (secondary N) is 1. The van der Waals surface area contributed by atoms with E-state index in [-0.39, 0.29) is 34.6 Å². The Morgan fingerprint density at radius 3 is 1.51 bits per heavy atom. The van der Waals surface area contributed by atoms with E-state index in [2.05, 4.69) is 65.5 Å². The van der Waals surface area contributed by atoms with Gasteiger partial charge in [0, 0.05) is 48.4 Å². The molecule has 65 heavy (non-hydrogen) atoms. The molecule has 2 saturated heterocycles. The lowest BCUT2D eigenvalue weighted by Crippen LogP contribution is -2.32. The Labute approximate surface area is 386 Å². The second kappa shape index (κ2) is 18.8. The van der Waals surface area contributed by atoms with Crippen molar-refractivity contribution in [3.63, 3.8) is 0 Å². The second-order valence-electron chi connectivity index (χ2n) is 16.5. The van der Waals surface area contributed by atoms with Gasteiger partial charge in [-0.25, -0.2) is 36.4 Å². The Hall–Kier alpha value is -6.06. The number of urea groups is 2. The van der Waals surface area contributed by atoms with Crippen molar-refractivity contribution in [2.24, 2.45) is 0 Å². The van der Waals surface area contributed by atoms with Gasteiger partial charge in [0.15, 0.2) is 31.3 Å². The zero-order valence-electron chi connectivity index (χ0n) is 36.3. The molecule has 6 aromatic rings. The molecule has 18 nitrogen and oxygen atoms in total. The van der Waals surface area contributed by atoms with Crippen LogP contribution in [0.2, 0.25) is 0 Å². The highest BCUT2D eigenvalue weighted by Gasteiger charge is 2.38. The summed E-state index contributed by atoms with van der Waals surface area (Å²) in [6.45, 7) is 10.4. The molecule has 6 heterocycles. The number of carbonyl (C=O) groups excluding carboxylic acids is 2. The van der Waals surface area contributed by atoms with E-state index in [1.165, 1.54) is 0 Å². The normalized spacial score (nSPS) is 16.4. The smallest absolute Gasteiger partial charge is 0.330 e. The fourth-order valence-corrected chi connectivity index (χ4v) is 10.8. The Bertz CT molecular complexity index is 2900. The van der Waals surface area contributed by atoms with Crippen molar-refractivity contribution in [1.82, 2.24) is 44.8 Å². The number of anilines is 3. The number of hydrogen-bond donors (Lipinski definition) is 1. The van der Waals surface area contributed by atoms with Gasteiger partial charge < -0.3 is 14.5 Å². The quantitative estimate of drug-likeness (QED) is 0.137. The number of aromatic nitrogens is 8. The topological polar surface area (TPSA) is 211 Å². The fourth-order valence-electron chi connectivity index (χ4n) is 7.26. The Kier molecular flexibility index (Phi) is 13.2. The molecule has 10 rings (SSSR count). The van der Waals surface area contributed by atoms with E-state index < -0.39 is 19.7 Å². The molecule has 2 aliphatic heterocycles. The highest BCUT2D eigenvalue weighted by atomic mass is 79.9. The first-order chi connectivity index (χ1) is 31.1. The lowest BCUT2D eigenvalue weighted by Gasteiger charge is -2.19. The van der Waals surface area contributed by atoms with E-state index in [1.807, 2.05) is 53.3 Å². The third-order valence-electron chi connectivity index (χ3n) is 11.2. The van der Waals surface area contributed by atoms with Crippen molar-refractivity contribution in [3.05, 3.63) is 102 Å². The highest BCUT2D eigenvalue weighted by Crippen LogP contribution is 2.35. The van der Waals surface area contributed by atoms with Crippen molar-refractivity contribution >= 4 is 65.0 Å². The van der Waals surface area contributed by atoms with E-state index in [0.717, 1.165) is 30.2 Å².